The van der Waals surface area contributed by atoms with Crippen molar-refractivity contribution in [3.05, 3.63) is 47.9 Å². The fourth-order valence-corrected chi connectivity index (χ4v) is 3.06. The molecule has 6 nitrogen and oxygen atoms in total. The predicted molar refractivity (Wildman–Crippen MR) is 91.1 cm³/mol. The molecule has 0 amide bonds. The summed E-state index contributed by atoms with van der Waals surface area (Å²) >= 11 is 0. The minimum absolute atomic E-state index is 0.450. The van der Waals surface area contributed by atoms with Crippen LogP contribution in [0.1, 0.15) is 11.4 Å². The van der Waals surface area contributed by atoms with Gasteiger partial charge in [0, 0.05) is 44.2 Å². The van der Waals surface area contributed by atoms with Crippen molar-refractivity contribution in [1.82, 2.24) is 19.6 Å². The van der Waals surface area contributed by atoms with Gasteiger partial charge in [0.05, 0.1) is 11.7 Å². The van der Waals surface area contributed by atoms with Crippen LogP contribution in [0.4, 0.5) is 11.6 Å². The molecule has 1 aliphatic heterocycles. The Kier molecular flexibility index (Phi) is 3.18. The number of fused-ring (bicyclic) bond motifs is 1. The second-order valence-corrected chi connectivity index (χ2v) is 6.17. The van der Waals surface area contributed by atoms with Crippen molar-refractivity contribution in [1.29, 1.82) is 0 Å². The van der Waals surface area contributed by atoms with Gasteiger partial charge in [0.2, 0.25) is 0 Å². The van der Waals surface area contributed by atoms with Gasteiger partial charge in [0.1, 0.15) is 11.6 Å². The van der Waals surface area contributed by atoms with Crippen molar-refractivity contribution in [2.24, 2.45) is 0 Å². The molecule has 0 saturated carbocycles. The first-order chi connectivity index (χ1) is 11.1. The molecule has 3 aromatic rings. The van der Waals surface area contributed by atoms with Crippen LogP contribution >= 0.6 is 0 Å². The highest BCUT2D eigenvalue weighted by Gasteiger charge is 2.32. The summed E-state index contributed by atoms with van der Waals surface area (Å²) in [5.41, 5.74) is 2.91. The molecule has 0 unspecified atom stereocenters. The molecule has 4 heterocycles. The Morgan fingerprint density at radius 3 is 2.70 bits per heavy atom. The van der Waals surface area contributed by atoms with E-state index in [1.54, 1.807) is 0 Å². The Hall–Kier alpha value is -2.63. The first kappa shape index (κ1) is 14.0. The van der Waals surface area contributed by atoms with E-state index in [0.717, 1.165) is 41.8 Å². The van der Waals surface area contributed by atoms with Crippen LogP contribution in [0, 0.1) is 13.8 Å². The Balaban J connectivity index is 1.58. The number of likely N-dealkylation sites (N-methyl/N-ethyl adjacent to an activating group) is 1. The lowest BCUT2D eigenvalue weighted by Crippen LogP contribution is -2.59. The van der Waals surface area contributed by atoms with Crippen LogP contribution in [0.5, 0.6) is 0 Å². The van der Waals surface area contributed by atoms with Gasteiger partial charge in [0.15, 0.2) is 5.65 Å². The molecule has 0 radical (unpaired) electrons. The molecule has 1 aliphatic rings. The zero-order valence-corrected chi connectivity index (χ0v) is 13.6. The average molecular weight is 308 g/mol. The molecule has 0 spiro atoms. The Morgan fingerprint density at radius 1 is 1.13 bits per heavy atom. The van der Waals surface area contributed by atoms with E-state index < -0.39 is 0 Å². The van der Waals surface area contributed by atoms with Crippen LogP contribution in [0.3, 0.4) is 0 Å². The summed E-state index contributed by atoms with van der Waals surface area (Å²) in [6.45, 7) is 5.97. The van der Waals surface area contributed by atoms with Gasteiger partial charge < -0.3 is 9.80 Å². The van der Waals surface area contributed by atoms with Crippen LogP contribution < -0.4 is 9.80 Å². The summed E-state index contributed by atoms with van der Waals surface area (Å²) in [7, 11) is 2.13. The molecule has 1 fully saturated rings. The molecular weight excluding hydrogens is 288 g/mol. The Morgan fingerprint density at radius 2 is 1.96 bits per heavy atom. The Labute approximate surface area is 135 Å². The number of hydrogen-bond donors (Lipinski definition) is 0. The van der Waals surface area contributed by atoms with Gasteiger partial charge in [-0.3, -0.25) is 0 Å². The fourth-order valence-electron chi connectivity index (χ4n) is 3.06. The van der Waals surface area contributed by atoms with E-state index in [4.69, 9.17) is 0 Å². The van der Waals surface area contributed by atoms with E-state index in [-0.39, 0.29) is 0 Å². The van der Waals surface area contributed by atoms with Crippen molar-refractivity contribution in [3.8, 4) is 0 Å². The minimum atomic E-state index is 0.450. The normalized spacial score (nSPS) is 15.0. The van der Waals surface area contributed by atoms with Crippen molar-refractivity contribution >= 4 is 17.3 Å². The lowest BCUT2D eigenvalue weighted by molar-refractivity contribution is 0.487. The molecule has 4 rings (SSSR count). The minimum Gasteiger partial charge on any atom is -0.353 e. The summed E-state index contributed by atoms with van der Waals surface area (Å²) < 4.78 is 1.94. The molecule has 0 N–H and O–H groups in total. The maximum absolute atomic E-state index is 4.58. The van der Waals surface area contributed by atoms with Crippen LogP contribution in [0.25, 0.3) is 5.65 Å². The molecule has 0 aromatic carbocycles. The molecule has 1 saturated heterocycles. The maximum Gasteiger partial charge on any atom is 0.157 e. The Bertz CT molecular complexity index is 835. The highest BCUT2D eigenvalue weighted by Crippen LogP contribution is 2.25. The van der Waals surface area contributed by atoms with E-state index in [9.17, 15) is 0 Å². The van der Waals surface area contributed by atoms with Gasteiger partial charge in [-0.25, -0.2) is 9.97 Å². The van der Waals surface area contributed by atoms with Crippen molar-refractivity contribution < 1.29 is 0 Å². The van der Waals surface area contributed by atoms with E-state index in [1.807, 2.05) is 42.8 Å². The van der Waals surface area contributed by atoms with Crippen molar-refractivity contribution in [2.75, 3.05) is 29.9 Å². The van der Waals surface area contributed by atoms with Crippen molar-refractivity contribution in [3.63, 3.8) is 0 Å². The van der Waals surface area contributed by atoms with E-state index in [2.05, 4.69) is 44.0 Å². The average Bonchev–Trinajstić information content (AvgIpc) is 2.85. The lowest BCUT2D eigenvalue weighted by Gasteiger charge is -2.45. The summed E-state index contributed by atoms with van der Waals surface area (Å²) in [5, 5.41) is 4.58. The summed E-state index contributed by atoms with van der Waals surface area (Å²) in [4.78, 5) is 13.6. The van der Waals surface area contributed by atoms with Gasteiger partial charge in [-0.05, 0) is 26.0 Å². The number of nitrogens with zero attached hydrogens (tertiary/aromatic N) is 6. The van der Waals surface area contributed by atoms with Gasteiger partial charge in [-0.15, -0.1) is 0 Å². The van der Waals surface area contributed by atoms with E-state index >= 15 is 0 Å². The second-order valence-electron chi connectivity index (χ2n) is 6.17. The molecular formula is C17H20N6. The maximum atomic E-state index is 4.58. The molecule has 23 heavy (non-hydrogen) atoms. The molecule has 0 bridgehead atoms. The third kappa shape index (κ3) is 2.40. The topological polar surface area (TPSA) is 49.6 Å². The molecule has 6 heteroatoms. The summed E-state index contributed by atoms with van der Waals surface area (Å²) in [6, 6.07) is 10.6. The van der Waals surface area contributed by atoms with Crippen molar-refractivity contribution in [2.45, 2.75) is 19.9 Å². The van der Waals surface area contributed by atoms with Gasteiger partial charge >= 0.3 is 0 Å². The largest absolute Gasteiger partial charge is 0.353 e. The number of aryl methyl sites for hydroxylation is 2. The van der Waals surface area contributed by atoms with Gasteiger partial charge in [0.25, 0.3) is 0 Å². The standard InChI is InChI=1S/C17H20N6/c1-12-9-17(23-16(19-12)8-13(2)20-23)21(3)14-10-22(11-14)15-6-4-5-7-18-15/h4-9,14H,10-11H2,1-3H3. The second kappa shape index (κ2) is 5.22. The zero-order chi connectivity index (χ0) is 16.0. The monoisotopic (exact) mass is 308 g/mol. The third-order valence-corrected chi connectivity index (χ3v) is 4.40. The van der Waals surface area contributed by atoms with Gasteiger partial charge in [-0.2, -0.15) is 9.61 Å². The van der Waals surface area contributed by atoms with Crippen LogP contribution in [0.2, 0.25) is 0 Å². The molecule has 0 aliphatic carbocycles. The summed E-state index contributed by atoms with van der Waals surface area (Å²) in [6.07, 6.45) is 1.84. The fraction of sp³-hybridized carbons (Fsp3) is 0.353. The van der Waals surface area contributed by atoms with Crippen LogP contribution in [-0.4, -0.2) is 45.8 Å². The third-order valence-electron chi connectivity index (χ3n) is 4.40. The number of hydrogen-bond acceptors (Lipinski definition) is 5. The SMILES string of the molecule is Cc1cc(N(C)C2CN(c3ccccn3)C2)n2nc(C)cc2n1. The van der Waals surface area contributed by atoms with Crippen LogP contribution in [0.15, 0.2) is 36.5 Å². The van der Waals surface area contributed by atoms with Crippen LogP contribution in [-0.2, 0) is 0 Å². The zero-order valence-electron chi connectivity index (χ0n) is 13.6. The van der Waals surface area contributed by atoms with E-state index in [1.165, 1.54) is 0 Å². The molecule has 0 atom stereocenters. The number of anilines is 2. The quantitative estimate of drug-likeness (QED) is 0.741. The van der Waals surface area contributed by atoms with E-state index in [0.29, 0.717) is 6.04 Å². The lowest BCUT2D eigenvalue weighted by atomic mass is 10.1. The van der Waals surface area contributed by atoms with Gasteiger partial charge in [-0.1, -0.05) is 6.07 Å². The highest BCUT2D eigenvalue weighted by molar-refractivity contribution is 5.54. The smallest absolute Gasteiger partial charge is 0.157 e. The first-order valence-corrected chi connectivity index (χ1v) is 7.84. The first-order valence-electron chi connectivity index (χ1n) is 7.84. The predicted octanol–water partition coefficient (Wildman–Crippen LogP) is 2.07. The number of pyridine rings is 1. The summed E-state index contributed by atoms with van der Waals surface area (Å²) in [5.74, 6) is 2.13. The molecule has 3 aromatic heterocycles. The number of aromatic nitrogens is 4. The number of rotatable bonds is 3. The molecule has 118 valence electrons. The highest BCUT2D eigenvalue weighted by atomic mass is 15.4.